The molecule has 1 N–H and O–H groups in total. The molecule has 0 aliphatic carbocycles. The topological polar surface area (TPSA) is 54.9 Å². The Balaban J connectivity index is 2.54. The number of carbonyl (C=O) groups excluding carboxylic acids is 1. The van der Waals surface area contributed by atoms with Crippen molar-refractivity contribution in [2.45, 2.75) is 13.0 Å². The van der Waals surface area contributed by atoms with Crippen molar-refractivity contribution >= 4 is 5.78 Å². The minimum Gasteiger partial charge on any atom is -0.298 e. The smallest absolute Gasteiger partial charge is 0.278 e. The number of carbonyl (C=O) groups is 1. The minimum atomic E-state index is -0.324. The van der Waals surface area contributed by atoms with Gasteiger partial charge in [-0.3, -0.25) is 14.7 Å². The Labute approximate surface area is 117 Å². The highest BCUT2D eigenvalue weighted by Crippen LogP contribution is 2.11. The Morgan fingerprint density at radius 2 is 1.90 bits per heavy atom. The van der Waals surface area contributed by atoms with Gasteiger partial charge in [0.05, 0.1) is 12.2 Å². The average molecular weight is 268 g/mol. The molecule has 1 heterocycles. The van der Waals surface area contributed by atoms with Crippen LogP contribution in [0.4, 0.5) is 0 Å². The number of nitrogens with one attached hydrogen (secondary N) is 1. The highest BCUT2D eigenvalue weighted by Gasteiger charge is 2.21. The largest absolute Gasteiger partial charge is 0.298 e. The van der Waals surface area contributed by atoms with E-state index in [9.17, 15) is 9.59 Å². The maximum Gasteiger partial charge on any atom is 0.278 e. The molecular weight excluding hydrogens is 252 g/mol. The molecule has 0 aliphatic heterocycles. The molecule has 0 aliphatic rings. The summed E-state index contributed by atoms with van der Waals surface area (Å²) in [6, 6.07) is 8.77. The van der Waals surface area contributed by atoms with Crippen LogP contribution in [0.5, 0.6) is 0 Å². The summed E-state index contributed by atoms with van der Waals surface area (Å²) in [5.41, 5.74) is 0.939. The second kappa shape index (κ2) is 6.02. The Kier molecular flexibility index (Phi) is 4.15. The van der Waals surface area contributed by atoms with Crippen molar-refractivity contribution < 1.29 is 4.79 Å². The fourth-order valence-corrected chi connectivity index (χ4v) is 2.05. The van der Waals surface area contributed by atoms with Gasteiger partial charge in [0.25, 0.3) is 5.56 Å². The van der Waals surface area contributed by atoms with Crippen molar-refractivity contribution in [3.63, 3.8) is 0 Å². The van der Waals surface area contributed by atoms with Gasteiger partial charge in [-0.15, -0.1) is 13.2 Å². The van der Waals surface area contributed by atoms with Crippen LogP contribution in [0.1, 0.15) is 21.6 Å². The van der Waals surface area contributed by atoms with Crippen molar-refractivity contribution in [3.8, 4) is 0 Å². The van der Waals surface area contributed by atoms with Crippen molar-refractivity contribution in [2.75, 3.05) is 0 Å². The second-order valence-electron chi connectivity index (χ2n) is 4.36. The Morgan fingerprint density at radius 3 is 2.50 bits per heavy atom. The highest BCUT2D eigenvalue weighted by molar-refractivity contribution is 6.09. The van der Waals surface area contributed by atoms with Gasteiger partial charge in [-0.25, -0.2) is 4.68 Å². The Morgan fingerprint density at radius 1 is 1.20 bits per heavy atom. The third-order valence-corrected chi connectivity index (χ3v) is 2.95. The van der Waals surface area contributed by atoms with E-state index in [2.05, 4.69) is 18.3 Å². The molecule has 0 atom stereocenters. The molecule has 0 saturated heterocycles. The van der Waals surface area contributed by atoms with Gasteiger partial charge in [-0.2, -0.15) is 0 Å². The summed E-state index contributed by atoms with van der Waals surface area (Å²) in [6.07, 6.45) is 3.70. The van der Waals surface area contributed by atoms with Gasteiger partial charge in [0.1, 0.15) is 5.56 Å². The summed E-state index contributed by atoms with van der Waals surface area (Å²) < 4.78 is 1.38. The number of allylic oxidation sites excluding steroid dienone is 2. The van der Waals surface area contributed by atoms with Crippen LogP contribution in [0.25, 0.3) is 0 Å². The lowest BCUT2D eigenvalue weighted by Gasteiger charge is -1.99. The van der Waals surface area contributed by atoms with Crippen LogP contribution in [-0.4, -0.2) is 15.6 Å². The molecule has 0 fully saturated rings. The lowest BCUT2D eigenvalue weighted by molar-refractivity contribution is 0.103. The van der Waals surface area contributed by atoms with Gasteiger partial charge in [0.15, 0.2) is 5.78 Å². The number of H-pyrrole nitrogens is 1. The van der Waals surface area contributed by atoms with Gasteiger partial charge in [0, 0.05) is 12.0 Å². The summed E-state index contributed by atoms with van der Waals surface area (Å²) in [7, 11) is 0. The molecule has 1 aromatic heterocycles. The van der Waals surface area contributed by atoms with E-state index in [-0.39, 0.29) is 16.9 Å². The predicted molar refractivity (Wildman–Crippen MR) is 79.0 cm³/mol. The highest BCUT2D eigenvalue weighted by atomic mass is 16.2. The van der Waals surface area contributed by atoms with Gasteiger partial charge in [0.2, 0.25) is 0 Å². The standard InChI is InChI=1S/C16H16N2O2/c1-3-8-13-14(16(20)18(17-13)11-4-2)15(19)12-9-6-5-7-10-12/h3-7,9-10,17H,1-2,8,11H2. The molecule has 0 amide bonds. The molecule has 4 heteroatoms. The van der Waals surface area contributed by atoms with Crippen LogP contribution < -0.4 is 5.56 Å². The average Bonchev–Trinajstić information content (AvgIpc) is 2.76. The zero-order valence-electron chi connectivity index (χ0n) is 11.1. The first-order valence-corrected chi connectivity index (χ1v) is 6.32. The Hall–Kier alpha value is -2.62. The lowest BCUT2D eigenvalue weighted by atomic mass is 10.0. The molecule has 2 rings (SSSR count). The van der Waals surface area contributed by atoms with E-state index in [1.165, 1.54) is 4.68 Å². The molecule has 0 unspecified atom stereocenters. The van der Waals surface area contributed by atoms with Crippen molar-refractivity contribution in [1.82, 2.24) is 9.78 Å². The fourth-order valence-electron chi connectivity index (χ4n) is 2.05. The number of hydrogen-bond donors (Lipinski definition) is 1. The molecule has 20 heavy (non-hydrogen) atoms. The fraction of sp³-hybridized carbons (Fsp3) is 0.125. The van der Waals surface area contributed by atoms with Crippen molar-refractivity contribution in [1.29, 1.82) is 0 Å². The summed E-state index contributed by atoms with van der Waals surface area (Å²) in [4.78, 5) is 24.8. The van der Waals surface area contributed by atoms with Crippen LogP contribution in [0.2, 0.25) is 0 Å². The number of hydrogen-bond acceptors (Lipinski definition) is 2. The molecule has 1 aromatic carbocycles. The minimum absolute atomic E-state index is 0.179. The molecule has 0 radical (unpaired) electrons. The summed E-state index contributed by atoms with van der Waals surface area (Å²) in [5, 5.41) is 2.94. The number of aromatic amines is 1. The molecule has 0 bridgehead atoms. The van der Waals surface area contributed by atoms with E-state index in [0.29, 0.717) is 24.2 Å². The molecule has 4 nitrogen and oxygen atoms in total. The maximum atomic E-state index is 12.5. The molecule has 0 spiro atoms. The van der Waals surface area contributed by atoms with Gasteiger partial charge < -0.3 is 0 Å². The predicted octanol–water partition coefficient (Wildman–Crippen LogP) is 2.32. The van der Waals surface area contributed by atoms with E-state index >= 15 is 0 Å². The number of ketones is 1. The first-order valence-electron chi connectivity index (χ1n) is 6.32. The maximum absolute atomic E-state index is 12.5. The molecular formula is C16H16N2O2. The number of aromatic nitrogens is 2. The number of nitrogens with zero attached hydrogens (tertiary/aromatic N) is 1. The third kappa shape index (κ3) is 2.54. The molecule has 2 aromatic rings. The van der Waals surface area contributed by atoms with E-state index in [0.717, 1.165) is 0 Å². The zero-order chi connectivity index (χ0) is 14.5. The number of benzene rings is 1. The van der Waals surface area contributed by atoms with Gasteiger partial charge >= 0.3 is 0 Å². The first kappa shape index (κ1) is 13.8. The second-order valence-corrected chi connectivity index (χ2v) is 4.36. The summed E-state index contributed by atoms with van der Waals surface area (Å²) >= 11 is 0. The number of rotatable bonds is 6. The van der Waals surface area contributed by atoms with Crippen LogP contribution in [0.3, 0.4) is 0 Å². The van der Waals surface area contributed by atoms with Gasteiger partial charge in [-0.1, -0.05) is 42.5 Å². The van der Waals surface area contributed by atoms with Crippen LogP contribution in [-0.2, 0) is 13.0 Å². The first-order chi connectivity index (χ1) is 9.69. The summed E-state index contributed by atoms with van der Waals surface area (Å²) in [6.45, 7) is 7.59. The van der Waals surface area contributed by atoms with Crippen LogP contribution in [0, 0.1) is 0 Å². The SMILES string of the molecule is C=CCc1[nH]n(CC=C)c(=O)c1C(=O)c1ccccc1. The monoisotopic (exact) mass is 268 g/mol. The third-order valence-electron chi connectivity index (χ3n) is 2.95. The molecule has 102 valence electrons. The van der Waals surface area contributed by atoms with E-state index in [4.69, 9.17) is 0 Å². The Bertz CT molecular complexity index is 693. The van der Waals surface area contributed by atoms with Crippen LogP contribution >= 0.6 is 0 Å². The summed E-state index contributed by atoms with van der Waals surface area (Å²) in [5.74, 6) is -0.272. The van der Waals surface area contributed by atoms with Gasteiger partial charge in [-0.05, 0) is 0 Å². The van der Waals surface area contributed by atoms with Crippen LogP contribution in [0.15, 0.2) is 60.4 Å². The normalized spacial score (nSPS) is 10.2. The lowest BCUT2D eigenvalue weighted by Crippen LogP contribution is -2.21. The van der Waals surface area contributed by atoms with Crippen molar-refractivity contribution in [3.05, 3.63) is 82.8 Å². The quantitative estimate of drug-likeness (QED) is 0.645. The van der Waals surface area contributed by atoms with E-state index in [1.807, 2.05) is 6.07 Å². The van der Waals surface area contributed by atoms with Crippen molar-refractivity contribution in [2.24, 2.45) is 0 Å². The van der Waals surface area contributed by atoms with E-state index in [1.54, 1.807) is 36.4 Å². The molecule has 0 saturated carbocycles. The van der Waals surface area contributed by atoms with E-state index < -0.39 is 0 Å². The zero-order valence-corrected chi connectivity index (χ0v) is 11.1.